The standard InChI is InChI=1S/C32H28N4O2S/c1-22-11-20-29(35(22)23-12-16-25(37-2)17-13-23)31-30(28-10-6-7-21-33-28)34-32(39)36(31)24-14-18-27(19-15-24)38-26-8-4-3-5-9-26/h3-21,30-31H,1-2H3,(H,34,39). The lowest BCUT2D eigenvalue weighted by molar-refractivity contribution is 0.414. The first-order valence-corrected chi connectivity index (χ1v) is 13.2. The van der Waals surface area contributed by atoms with Gasteiger partial charge in [-0.15, -0.1) is 0 Å². The van der Waals surface area contributed by atoms with Gasteiger partial charge in [0, 0.05) is 29.0 Å². The topological polar surface area (TPSA) is 51.5 Å². The molecular formula is C32H28N4O2S. The number of thiocarbonyl (C=S) groups is 1. The molecule has 2 aromatic heterocycles. The summed E-state index contributed by atoms with van der Waals surface area (Å²) in [5.74, 6) is 2.38. The summed E-state index contributed by atoms with van der Waals surface area (Å²) < 4.78 is 13.7. The number of para-hydroxylation sites is 1. The molecule has 3 aromatic carbocycles. The smallest absolute Gasteiger partial charge is 0.174 e. The third-order valence-corrected chi connectivity index (χ3v) is 7.25. The summed E-state index contributed by atoms with van der Waals surface area (Å²) in [5.41, 5.74) is 5.18. The first-order chi connectivity index (χ1) is 19.1. The molecule has 6 nitrogen and oxygen atoms in total. The van der Waals surface area contributed by atoms with E-state index in [1.165, 1.54) is 0 Å². The van der Waals surface area contributed by atoms with E-state index in [-0.39, 0.29) is 12.1 Å². The molecule has 0 spiro atoms. The fourth-order valence-corrected chi connectivity index (χ4v) is 5.45. The van der Waals surface area contributed by atoms with E-state index in [2.05, 4.69) is 46.0 Å². The fraction of sp³-hybridized carbons (Fsp3) is 0.125. The van der Waals surface area contributed by atoms with Crippen LogP contribution >= 0.6 is 12.2 Å². The van der Waals surface area contributed by atoms with E-state index in [9.17, 15) is 0 Å². The Balaban J connectivity index is 1.42. The molecule has 39 heavy (non-hydrogen) atoms. The van der Waals surface area contributed by atoms with Gasteiger partial charge in [0.25, 0.3) is 0 Å². The number of pyridine rings is 1. The molecular weight excluding hydrogens is 504 g/mol. The maximum Gasteiger partial charge on any atom is 0.174 e. The Morgan fingerprint density at radius 1 is 0.744 bits per heavy atom. The molecule has 7 heteroatoms. The molecule has 1 aliphatic heterocycles. The van der Waals surface area contributed by atoms with E-state index in [1.54, 1.807) is 7.11 Å². The van der Waals surface area contributed by atoms with Gasteiger partial charge >= 0.3 is 0 Å². The highest BCUT2D eigenvalue weighted by Crippen LogP contribution is 2.43. The molecule has 5 aromatic rings. The highest BCUT2D eigenvalue weighted by Gasteiger charge is 2.42. The summed E-state index contributed by atoms with van der Waals surface area (Å²) in [6.45, 7) is 2.12. The van der Waals surface area contributed by atoms with E-state index < -0.39 is 0 Å². The molecule has 2 unspecified atom stereocenters. The number of benzene rings is 3. The molecule has 194 valence electrons. The Kier molecular flexibility index (Phi) is 6.73. The Bertz CT molecular complexity index is 1570. The first kappa shape index (κ1) is 24.7. The van der Waals surface area contributed by atoms with Crippen LogP contribution in [0.1, 0.15) is 29.2 Å². The van der Waals surface area contributed by atoms with Gasteiger partial charge < -0.3 is 24.3 Å². The van der Waals surface area contributed by atoms with Crippen LogP contribution < -0.4 is 19.7 Å². The van der Waals surface area contributed by atoms with Crippen LogP contribution in [-0.4, -0.2) is 21.8 Å². The Morgan fingerprint density at radius 3 is 2.10 bits per heavy atom. The third kappa shape index (κ3) is 4.84. The van der Waals surface area contributed by atoms with Gasteiger partial charge in [-0.3, -0.25) is 4.98 Å². The summed E-state index contributed by atoms with van der Waals surface area (Å²) >= 11 is 5.94. The fourth-order valence-electron chi connectivity index (χ4n) is 5.11. The first-order valence-electron chi connectivity index (χ1n) is 12.8. The van der Waals surface area contributed by atoms with Gasteiger partial charge in [0.2, 0.25) is 0 Å². The maximum atomic E-state index is 6.03. The summed E-state index contributed by atoms with van der Waals surface area (Å²) in [5, 5.41) is 4.20. The number of rotatable bonds is 7. The second kappa shape index (κ2) is 10.6. The minimum absolute atomic E-state index is 0.148. The van der Waals surface area contributed by atoms with Gasteiger partial charge in [-0.2, -0.15) is 0 Å². The van der Waals surface area contributed by atoms with E-state index >= 15 is 0 Å². The minimum atomic E-state index is -0.149. The van der Waals surface area contributed by atoms with Crippen LogP contribution in [-0.2, 0) is 0 Å². The number of hydrogen-bond acceptors (Lipinski definition) is 4. The largest absolute Gasteiger partial charge is 0.497 e. The number of hydrogen-bond donors (Lipinski definition) is 1. The summed E-state index contributed by atoms with van der Waals surface area (Å²) in [6.07, 6.45) is 1.82. The van der Waals surface area contributed by atoms with Crippen LogP contribution in [0.25, 0.3) is 5.69 Å². The van der Waals surface area contributed by atoms with Crippen LogP contribution in [0, 0.1) is 6.92 Å². The van der Waals surface area contributed by atoms with Gasteiger partial charge in [-0.05, 0) is 104 Å². The predicted molar refractivity (Wildman–Crippen MR) is 158 cm³/mol. The number of nitrogens with zero attached hydrogens (tertiary/aromatic N) is 3. The van der Waals surface area contributed by atoms with Crippen LogP contribution in [0.4, 0.5) is 5.69 Å². The molecule has 1 N–H and O–H groups in total. The zero-order chi connectivity index (χ0) is 26.8. The Labute approximate surface area is 233 Å². The summed E-state index contributed by atoms with van der Waals surface area (Å²) in [6, 6.07) is 35.9. The Hall–Kier alpha value is -4.62. The molecule has 1 saturated heterocycles. The van der Waals surface area contributed by atoms with Crippen LogP contribution in [0.2, 0.25) is 0 Å². The number of aryl methyl sites for hydroxylation is 1. The average molecular weight is 533 g/mol. The highest BCUT2D eigenvalue weighted by atomic mass is 32.1. The normalized spacial score (nSPS) is 16.7. The van der Waals surface area contributed by atoms with Crippen molar-refractivity contribution in [2.24, 2.45) is 0 Å². The summed E-state index contributed by atoms with van der Waals surface area (Å²) in [7, 11) is 1.68. The quantitative estimate of drug-likeness (QED) is 0.225. The lowest BCUT2D eigenvalue weighted by Crippen LogP contribution is -2.30. The lowest BCUT2D eigenvalue weighted by Gasteiger charge is -2.29. The number of anilines is 1. The van der Waals surface area contributed by atoms with E-state index in [4.69, 9.17) is 26.7 Å². The molecule has 0 bridgehead atoms. The zero-order valence-corrected chi connectivity index (χ0v) is 22.5. The molecule has 0 radical (unpaired) electrons. The Morgan fingerprint density at radius 2 is 1.41 bits per heavy atom. The second-order valence-corrected chi connectivity index (χ2v) is 9.73. The van der Waals surface area contributed by atoms with E-state index in [1.807, 2.05) is 91.1 Å². The van der Waals surface area contributed by atoms with Gasteiger partial charge in [-0.25, -0.2) is 0 Å². The van der Waals surface area contributed by atoms with Crippen molar-refractivity contribution in [3.8, 4) is 22.9 Å². The van der Waals surface area contributed by atoms with Crippen molar-refractivity contribution in [3.63, 3.8) is 0 Å². The maximum absolute atomic E-state index is 6.03. The van der Waals surface area contributed by atoms with Crippen LogP contribution in [0.15, 0.2) is 115 Å². The summed E-state index contributed by atoms with van der Waals surface area (Å²) in [4.78, 5) is 6.87. The van der Waals surface area contributed by atoms with Crippen molar-refractivity contribution in [2.45, 2.75) is 19.0 Å². The number of ether oxygens (including phenoxy) is 2. The van der Waals surface area contributed by atoms with E-state index in [0.717, 1.165) is 45.7 Å². The van der Waals surface area contributed by atoms with Crippen LogP contribution in [0.3, 0.4) is 0 Å². The molecule has 6 rings (SSSR count). The molecule has 1 aliphatic rings. The zero-order valence-electron chi connectivity index (χ0n) is 21.7. The molecule has 0 saturated carbocycles. The van der Waals surface area contributed by atoms with Crippen molar-refractivity contribution >= 4 is 23.0 Å². The number of methoxy groups -OCH3 is 1. The molecule has 3 heterocycles. The van der Waals surface area contributed by atoms with Crippen LogP contribution in [0.5, 0.6) is 17.2 Å². The highest BCUT2D eigenvalue weighted by molar-refractivity contribution is 7.80. The third-order valence-electron chi connectivity index (χ3n) is 6.93. The average Bonchev–Trinajstić information content (AvgIpc) is 3.53. The SMILES string of the molecule is COc1ccc(-n2c(C)ccc2C2C(c3ccccn3)NC(=S)N2c2ccc(Oc3ccccc3)cc2)cc1. The van der Waals surface area contributed by atoms with Crippen molar-refractivity contribution < 1.29 is 9.47 Å². The molecule has 0 aliphatic carbocycles. The van der Waals surface area contributed by atoms with Crippen molar-refractivity contribution in [1.82, 2.24) is 14.9 Å². The molecule has 2 atom stereocenters. The van der Waals surface area contributed by atoms with Crippen molar-refractivity contribution in [3.05, 3.63) is 132 Å². The molecule has 0 amide bonds. The number of aromatic nitrogens is 2. The van der Waals surface area contributed by atoms with Crippen molar-refractivity contribution in [1.29, 1.82) is 0 Å². The number of nitrogens with one attached hydrogen (secondary N) is 1. The van der Waals surface area contributed by atoms with Crippen molar-refractivity contribution in [2.75, 3.05) is 12.0 Å². The van der Waals surface area contributed by atoms with Gasteiger partial charge in [0.05, 0.1) is 18.8 Å². The van der Waals surface area contributed by atoms with Gasteiger partial charge in [0.1, 0.15) is 23.3 Å². The lowest BCUT2D eigenvalue weighted by atomic mass is 10.0. The van der Waals surface area contributed by atoms with E-state index in [0.29, 0.717) is 5.11 Å². The van der Waals surface area contributed by atoms with Gasteiger partial charge in [0.15, 0.2) is 5.11 Å². The minimum Gasteiger partial charge on any atom is -0.497 e. The predicted octanol–water partition coefficient (Wildman–Crippen LogP) is 7.16. The second-order valence-electron chi connectivity index (χ2n) is 9.34. The molecule has 1 fully saturated rings. The van der Waals surface area contributed by atoms with Gasteiger partial charge in [-0.1, -0.05) is 24.3 Å². The monoisotopic (exact) mass is 532 g/mol.